The van der Waals surface area contributed by atoms with Crippen LogP contribution in [-0.2, 0) is 14.3 Å². The first-order valence-electron chi connectivity index (χ1n) is 7.01. The Morgan fingerprint density at radius 1 is 1.29 bits per heavy atom. The molecule has 0 unspecified atom stereocenters. The molecule has 0 spiro atoms. The van der Waals surface area contributed by atoms with Crippen LogP contribution in [-0.4, -0.2) is 49.5 Å². The van der Waals surface area contributed by atoms with Gasteiger partial charge in [-0.2, -0.15) is 11.8 Å². The molecule has 1 atom stereocenters. The molecule has 24 heavy (non-hydrogen) atoms. The summed E-state index contributed by atoms with van der Waals surface area (Å²) in [6, 6.07) is 3.57. The number of thioether (sulfide) groups is 1. The van der Waals surface area contributed by atoms with Crippen molar-refractivity contribution in [2.24, 2.45) is 0 Å². The van der Waals surface area contributed by atoms with Crippen LogP contribution in [0.1, 0.15) is 16.8 Å². The number of carbonyl (C=O) groups is 3. The predicted molar refractivity (Wildman–Crippen MR) is 95.7 cm³/mol. The molecule has 1 aromatic carbocycles. The minimum atomic E-state index is -0.874. The highest BCUT2D eigenvalue weighted by Gasteiger charge is 2.24. The van der Waals surface area contributed by atoms with Crippen LogP contribution in [0.5, 0.6) is 0 Å². The van der Waals surface area contributed by atoms with E-state index in [2.05, 4.69) is 10.6 Å². The van der Waals surface area contributed by atoms with Gasteiger partial charge in [0.15, 0.2) is 6.61 Å². The Morgan fingerprint density at radius 3 is 2.58 bits per heavy atom. The Morgan fingerprint density at radius 2 is 2.00 bits per heavy atom. The van der Waals surface area contributed by atoms with Crippen molar-refractivity contribution >= 4 is 52.7 Å². The minimum Gasteiger partial charge on any atom is -0.454 e. The average molecular weight is 393 g/mol. The first-order chi connectivity index (χ1) is 11.4. The topological polar surface area (TPSA) is 84.5 Å². The van der Waals surface area contributed by atoms with Crippen molar-refractivity contribution < 1.29 is 19.1 Å². The second kappa shape index (κ2) is 10.4. The highest BCUT2D eigenvalue weighted by molar-refractivity contribution is 7.98. The number of hydrogen-bond acceptors (Lipinski definition) is 5. The number of carbonyl (C=O) groups excluding carboxylic acids is 3. The Hall–Kier alpha value is -1.44. The van der Waals surface area contributed by atoms with Crippen molar-refractivity contribution in [1.82, 2.24) is 10.6 Å². The number of ether oxygens (including phenoxy) is 1. The van der Waals surface area contributed by atoms with Gasteiger partial charge in [-0.3, -0.25) is 9.59 Å². The molecule has 1 aromatic rings. The third-order valence-electron chi connectivity index (χ3n) is 3.00. The van der Waals surface area contributed by atoms with Gasteiger partial charge in [-0.25, -0.2) is 4.79 Å². The van der Waals surface area contributed by atoms with Gasteiger partial charge in [0, 0.05) is 12.1 Å². The van der Waals surface area contributed by atoms with Gasteiger partial charge in [0.2, 0.25) is 0 Å². The summed E-state index contributed by atoms with van der Waals surface area (Å²) in [5.41, 5.74) is 0.203. The van der Waals surface area contributed by atoms with E-state index < -0.39 is 30.4 Å². The second-order valence-corrected chi connectivity index (χ2v) is 6.54. The molecule has 0 saturated carbocycles. The quantitative estimate of drug-likeness (QED) is 0.661. The summed E-state index contributed by atoms with van der Waals surface area (Å²) in [4.78, 5) is 35.6. The number of esters is 1. The third-order valence-corrected chi connectivity index (χ3v) is 4.19. The molecule has 1 rings (SSSR count). The minimum absolute atomic E-state index is 0.183. The van der Waals surface area contributed by atoms with E-state index in [1.54, 1.807) is 0 Å². The maximum Gasteiger partial charge on any atom is 0.329 e. The van der Waals surface area contributed by atoms with E-state index in [0.29, 0.717) is 17.2 Å². The van der Waals surface area contributed by atoms with Gasteiger partial charge in [0.25, 0.3) is 11.8 Å². The van der Waals surface area contributed by atoms with Gasteiger partial charge in [-0.05, 0) is 36.6 Å². The van der Waals surface area contributed by atoms with Gasteiger partial charge < -0.3 is 15.4 Å². The molecule has 132 valence electrons. The number of likely N-dealkylation sites (N-methyl/N-ethyl adjacent to an activating group) is 1. The zero-order valence-electron chi connectivity index (χ0n) is 13.2. The zero-order chi connectivity index (χ0) is 18.1. The first kappa shape index (κ1) is 20.6. The second-order valence-electron chi connectivity index (χ2n) is 4.71. The van der Waals surface area contributed by atoms with Gasteiger partial charge in [-0.1, -0.05) is 23.2 Å². The van der Waals surface area contributed by atoms with Gasteiger partial charge in [0.05, 0.1) is 10.6 Å². The Kier molecular flexibility index (Phi) is 8.95. The van der Waals surface area contributed by atoms with Crippen molar-refractivity contribution in [1.29, 1.82) is 0 Å². The number of rotatable bonds is 8. The summed E-state index contributed by atoms with van der Waals surface area (Å²) >= 11 is 13.3. The number of halogens is 2. The highest BCUT2D eigenvalue weighted by Crippen LogP contribution is 2.21. The van der Waals surface area contributed by atoms with Crippen molar-refractivity contribution in [2.45, 2.75) is 12.5 Å². The van der Waals surface area contributed by atoms with Crippen molar-refractivity contribution in [2.75, 3.05) is 25.7 Å². The lowest BCUT2D eigenvalue weighted by atomic mass is 10.1. The van der Waals surface area contributed by atoms with Crippen LogP contribution in [0.15, 0.2) is 18.2 Å². The molecule has 0 aromatic heterocycles. The molecule has 0 saturated heterocycles. The highest BCUT2D eigenvalue weighted by atomic mass is 35.5. The molecule has 0 aliphatic rings. The van der Waals surface area contributed by atoms with Crippen LogP contribution in [0.25, 0.3) is 0 Å². The Balaban J connectivity index is 2.78. The molecular weight excluding hydrogens is 375 g/mol. The summed E-state index contributed by atoms with van der Waals surface area (Å²) in [5.74, 6) is -0.987. The first-order valence-corrected chi connectivity index (χ1v) is 9.16. The number of benzene rings is 1. The van der Waals surface area contributed by atoms with Crippen molar-refractivity contribution in [3.05, 3.63) is 33.8 Å². The molecule has 2 amide bonds. The largest absolute Gasteiger partial charge is 0.454 e. The Labute approximate surface area is 154 Å². The van der Waals surface area contributed by atoms with E-state index >= 15 is 0 Å². The lowest BCUT2D eigenvalue weighted by molar-refractivity contribution is -0.150. The summed E-state index contributed by atoms with van der Waals surface area (Å²) in [7, 11) is 1.44. The van der Waals surface area contributed by atoms with E-state index in [1.165, 1.54) is 37.0 Å². The lowest BCUT2D eigenvalue weighted by Gasteiger charge is -2.17. The number of nitrogens with one attached hydrogen (secondary N) is 2. The van der Waals surface area contributed by atoms with Crippen LogP contribution in [0.2, 0.25) is 10.0 Å². The van der Waals surface area contributed by atoms with Gasteiger partial charge in [0.1, 0.15) is 6.04 Å². The zero-order valence-corrected chi connectivity index (χ0v) is 15.6. The molecule has 2 N–H and O–H groups in total. The molecule has 9 heteroatoms. The van der Waals surface area contributed by atoms with Crippen molar-refractivity contribution in [3.8, 4) is 0 Å². The van der Waals surface area contributed by atoms with E-state index in [0.717, 1.165) is 0 Å². The fourth-order valence-electron chi connectivity index (χ4n) is 1.70. The molecule has 0 heterocycles. The monoisotopic (exact) mass is 392 g/mol. The average Bonchev–Trinajstić information content (AvgIpc) is 2.55. The number of hydrogen-bond donors (Lipinski definition) is 2. The molecule has 0 radical (unpaired) electrons. The third kappa shape index (κ3) is 6.59. The van der Waals surface area contributed by atoms with Crippen molar-refractivity contribution in [3.63, 3.8) is 0 Å². The van der Waals surface area contributed by atoms with E-state index in [-0.39, 0.29) is 10.6 Å². The number of amides is 2. The maximum atomic E-state index is 12.3. The van der Waals surface area contributed by atoms with Gasteiger partial charge >= 0.3 is 5.97 Å². The molecule has 0 bridgehead atoms. The van der Waals surface area contributed by atoms with E-state index in [1.807, 2.05) is 6.26 Å². The van der Waals surface area contributed by atoms with Crippen LogP contribution >= 0.6 is 35.0 Å². The van der Waals surface area contributed by atoms with E-state index in [4.69, 9.17) is 27.9 Å². The summed E-state index contributed by atoms with van der Waals surface area (Å²) in [6.45, 7) is -0.400. The molecule has 0 fully saturated rings. The van der Waals surface area contributed by atoms with Crippen LogP contribution < -0.4 is 10.6 Å². The summed E-state index contributed by atoms with van der Waals surface area (Å²) in [5, 5.41) is 5.51. The normalized spacial score (nSPS) is 11.5. The fourth-order valence-corrected chi connectivity index (χ4v) is 2.67. The predicted octanol–water partition coefficient (Wildman–Crippen LogP) is 2.13. The molecule has 6 nitrogen and oxygen atoms in total. The molecule has 0 aliphatic carbocycles. The summed E-state index contributed by atoms with van der Waals surface area (Å²) in [6.07, 6.45) is 2.25. The maximum absolute atomic E-state index is 12.3. The smallest absolute Gasteiger partial charge is 0.329 e. The molecule has 0 aliphatic heterocycles. The lowest BCUT2D eigenvalue weighted by Crippen LogP contribution is -2.43. The fraction of sp³-hybridized carbons (Fsp3) is 0.400. The van der Waals surface area contributed by atoms with Crippen LogP contribution in [0.3, 0.4) is 0 Å². The SMILES string of the molecule is CNC(=O)COC(=O)[C@H](CCSC)NC(=O)c1ccc(Cl)cc1Cl. The standard InChI is InChI=1S/C15H18Cl2N2O4S/c1-18-13(20)8-23-15(22)12(5-6-24-2)19-14(21)10-4-3-9(16)7-11(10)17/h3-4,7,12H,5-6,8H2,1-2H3,(H,18,20)(H,19,21)/t12-/m0/s1. The van der Waals surface area contributed by atoms with Crippen LogP contribution in [0, 0.1) is 0 Å². The van der Waals surface area contributed by atoms with E-state index in [9.17, 15) is 14.4 Å². The van der Waals surface area contributed by atoms with Gasteiger partial charge in [-0.15, -0.1) is 0 Å². The van der Waals surface area contributed by atoms with Crippen LogP contribution in [0.4, 0.5) is 0 Å². The molecular formula is C15H18Cl2N2O4S. The Bertz CT molecular complexity index is 613. The summed E-state index contributed by atoms with van der Waals surface area (Å²) < 4.78 is 4.91.